The fourth-order valence-electron chi connectivity index (χ4n) is 1.60. The Morgan fingerprint density at radius 1 is 1.53 bits per heavy atom. The first-order valence-corrected chi connectivity index (χ1v) is 5.08. The summed E-state index contributed by atoms with van der Waals surface area (Å²) < 4.78 is 6.70. The minimum atomic E-state index is -0.896. The molecule has 0 atom stereocenters. The smallest absolute Gasteiger partial charge is 0.323 e. The first-order chi connectivity index (χ1) is 8.20. The highest BCUT2D eigenvalue weighted by Gasteiger charge is 2.09. The van der Waals surface area contributed by atoms with Gasteiger partial charge >= 0.3 is 5.97 Å². The van der Waals surface area contributed by atoms with Crippen LogP contribution in [0.5, 0.6) is 5.75 Å². The van der Waals surface area contributed by atoms with Gasteiger partial charge in [-0.05, 0) is 12.1 Å². The summed E-state index contributed by atoms with van der Waals surface area (Å²) in [5.41, 5.74) is 0.829. The van der Waals surface area contributed by atoms with Gasteiger partial charge in [-0.2, -0.15) is 0 Å². The van der Waals surface area contributed by atoms with Crippen molar-refractivity contribution in [2.45, 2.75) is 6.54 Å². The Morgan fingerprint density at radius 3 is 3.06 bits per heavy atom. The highest BCUT2D eigenvalue weighted by atomic mass is 16.5. The number of hydrogen-bond donors (Lipinski definition) is 1. The van der Waals surface area contributed by atoms with E-state index in [1.54, 1.807) is 24.1 Å². The summed E-state index contributed by atoms with van der Waals surface area (Å²) in [6.07, 6.45) is 3.22. The molecular weight excluding hydrogens is 220 g/mol. The standard InChI is InChI=1S/C12H12N2O3/c1-17-10-4-2-3-9(7-10)12-13-5-6-14(12)8-11(15)16/h2-7H,8H2,1H3,(H,15,16). The van der Waals surface area contributed by atoms with Crippen LogP contribution in [0.15, 0.2) is 36.7 Å². The average molecular weight is 232 g/mol. The first-order valence-electron chi connectivity index (χ1n) is 5.08. The van der Waals surface area contributed by atoms with E-state index in [-0.39, 0.29) is 6.54 Å². The third-order valence-electron chi connectivity index (χ3n) is 2.35. The number of imidazole rings is 1. The van der Waals surface area contributed by atoms with Crippen LogP contribution in [0.25, 0.3) is 11.4 Å². The number of ether oxygens (including phenoxy) is 1. The lowest BCUT2D eigenvalue weighted by Crippen LogP contribution is -2.09. The van der Waals surface area contributed by atoms with E-state index in [1.165, 1.54) is 0 Å². The number of aliphatic carboxylic acids is 1. The minimum absolute atomic E-state index is 0.105. The molecule has 5 heteroatoms. The van der Waals surface area contributed by atoms with Gasteiger partial charge in [0.25, 0.3) is 0 Å². The van der Waals surface area contributed by atoms with Gasteiger partial charge in [0.2, 0.25) is 0 Å². The van der Waals surface area contributed by atoms with E-state index in [4.69, 9.17) is 9.84 Å². The number of hydrogen-bond acceptors (Lipinski definition) is 3. The number of carboxylic acids is 1. The summed E-state index contributed by atoms with van der Waals surface area (Å²) in [5.74, 6) is 0.436. The third kappa shape index (κ3) is 2.44. The zero-order valence-corrected chi connectivity index (χ0v) is 9.33. The van der Waals surface area contributed by atoms with Crippen LogP contribution in [0.4, 0.5) is 0 Å². The Balaban J connectivity index is 2.38. The van der Waals surface area contributed by atoms with E-state index in [0.717, 1.165) is 5.56 Å². The van der Waals surface area contributed by atoms with Gasteiger partial charge in [0.05, 0.1) is 7.11 Å². The van der Waals surface area contributed by atoms with Crippen LogP contribution in [0.2, 0.25) is 0 Å². The molecule has 0 fully saturated rings. The number of carbonyl (C=O) groups is 1. The van der Waals surface area contributed by atoms with Gasteiger partial charge in [-0.1, -0.05) is 12.1 Å². The molecule has 0 bridgehead atoms. The van der Waals surface area contributed by atoms with E-state index < -0.39 is 5.97 Å². The predicted octanol–water partition coefficient (Wildman–Crippen LogP) is 1.64. The maximum Gasteiger partial charge on any atom is 0.323 e. The molecule has 0 aliphatic carbocycles. The predicted molar refractivity (Wildman–Crippen MR) is 61.9 cm³/mol. The highest BCUT2D eigenvalue weighted by molar-refractivity contribution is 5.68. The summed E-state index contributed by atoms with van der Waals surface area (Å²) in [5, 5.41) is 8.78. The number of aromatic nitrogens is 2. The fraction of sp³-hybridized carbons (Fsp3) is 0.167. The van der Waals surface area contributed by atoms with Gasteiger partial charge < -0.3 is 14.4 Å². The number of nitrogens with zero attached hydrogens (tertiary/aromatic N) is 2. The van der Waals surface area contributed by atoms with Crippen LogP contribution >= 0.6 is 0 Å². The summed E-state index contributed by atoms with van der Waals surface area (Å²) >= 11 is 0. The zero-order valence-electron chi connectivity index (χ0n) is 9.33. The summed E-state index contributed by atoms with van der Waals surface area (Å²) in [6.45, 7) is -0.105. The topological polar surface area (TPSA) is 64.4 Å². The molecule has 0 unspecified atom stereocenters. The Morgan fingerprint density at radius 2 is 2.35 bits per heavy atom. The largest absolute Gasteiger partial charge is 0.497 e. The maximum atomic E-state index is 10.7. The van der Waals surface area contributed by atoms with Crippen molar-refractivity contribution < 1.29 is 14.6 Å². The third-order valence-corrected chi connectivity index (χ3v) is 2.35. The number of carboxylic acid groups (broad SMARTS) is 1. The molecule has 1 heterocycles. The van der Waals surface area contributed by atoms with Gasteiger partial charge in [0.1, 0.15) is 18.1 Å². The van der Waals surface area contributed by atoms with Crippen molar-refractivity contribution in [3.8, 4) is 17.1 Å². The average Bonchev–Trinajstić information content (AvgIpc) is 2.76. The van der Waals surface area contributed by atoms with Crippen LogP contribution in [-0.4, -0.2) is 27.7 Å². The van der Waals surface area contributed by atoms with Crippen molar-refractivity contribution >= 4 is 5.97 Å². The van der Waals surface area contributed by atoms with Crippen molar-refractivity contribution in [1.82, 2.24) is 9.55 Å². The van der Waals surface area contributed by atoms with Crippen LogP contribution in [-0.2, 0) is 11.3 Å². The van der Waals surface area contributed by atoms with Crippen LogP contribution < -0.4 is 4.74 Å². The van der Waals surface area contributed by atoms with E-state index in [1.807, 2.05) is 24.3 Å². The molecule has 0 saturated heterocycles. The summed E-state index contributed by atoms with van der Waals surface area (Å²) in [7, 11) is 1.59. The van der Waals surface area contributed by atoms with E-state index in [2.05, 4.69) is 4.98 Å². The SMILES string of the molecule is COc1cccc(-c2nccn2CC(=O)O)c1. The molecule has 1 aromatic carbocycles. The molecule has 2 rings (SSSR count). The Kier molecular flexibility index (Phi) is 3.09. The van der Waals surface area contributed by atoms with Gasteiger partial charge in [-0.3, -0.25) is 4.79 Å². The summed E-state index contributed by atoms with van der Waals surface area (Å²) in [4.78, 5) is 14.9. The second-order valence-electron chi connectivity index (χ2n) is 3.50. The lowest BCUT2D eigenvalue weighted by Gasteiger charge is -2.06. The second-order valence-corrected chi connectivity index (χ2v) is 3.50. The number of benzene rings is 1. The van der Waals surface area contributed by atoms with E-state index in [9.17, 15) is 4.79 Å². The molecule has 0 aliphatic heterocycles. The molecule has 0 spiro atoms. The van der Waals surface area contributed by atoms with Gasteiger partial charge in [0.15, 0.2) is 0 Å². The molecule has 5 nitrogen and oxygen atoms in total. The van der Waals surface area contributed by atoms with Gasteiger partial charge in [-0.15, -0.1) is 0 Å². The van der Waals surface area contributed by atoms with E-state index >= 15 is 0 Å². The van der Waals surface area contributed by atoms with Crippen LogP contribution in [0.3, 0.4) is 0 Å². The minimum Gasteiger partial charge on any atom is -0.497 e. The van der Waals surface area contributed by atoms with Gasteiger partial charge in [0, 0.05) is 18.0 Å². The lowest BCUT2D eigenvalue weighted by atomic mass is 10.2. The molecule has 17 heavy (non-hydrogen) atoms. The fourth-order valence-corrected chi connectivity index (χ4v) is 1.60. The van der Waals surface area contributed by atoms with Crippen molar-refractivity contribution in [2.24, 2.45) is 0 Å². The zero-order chi connectivity index (χ0) is 12.3. The molecule has 0 amide bonds. The molecule has 0 saturated carbocycles. The maximum absolute atomic E-state index is 10.7. The molecule has 0 aliphatic rings. The summed E-state index contributed by atoms with van der Waals surface area (Å²) in [6, 6.07) is 7.35. The van der Waals surface area contributed by atoms with Crippen molar-refractivity contribution in [2.75, 3.05) is 7.11 Å². The van der Waals surface area contributed by atoms with Gasteiger partial charge in [-0.25, -0.2) is 4.98 Å². The van der Waals surface area contributed by atoms with Crippen molar-refractivity contribution in [3.05, 3.63) is 36.7 Å². The van der Waals surface area contributed by atoms with Crippen LogP contribution in [0.1, 0.15) is 0 Å². The first kappa shape index (κ1) is 11.2. The molecule has 0 radical (unpaired) electrons. The van der Waals surface area contributed by atoms with E-state index in [0.29, 0.717) is 11.6 Å². The van der Waals surface area contributed by atoms with Crippen molar-refractivity contribution in [3.63, 3.8) is 0 Å². The van der Waals surface area contributed by atoms with Crippen LogP contribution in [0, 0.1) is 0 Å². The van der Waals surface area contributed by atoms with Crippen molar-refractivity contribution in [1.29, 1.82) is 0 Å². The monoisotopic (exact) mass is 232 g/mol. The molecule has 1 N–H and O–H groups in total. The Hall–Kier alpha value is -2.30. The Bertz CT molecular complexity index is 534. The Labute approximate surface area is 98.3 Å². The lowest BCUT2D eigenvalue weighted by molar-refractivity contribution is -0.137. The highest BCUT2D eigenvalue weighted by Crippen LogP contribution is 2.22. The quantitative estimate of drug-likeness (QED) is 0.870. The number of rotatable bonds is 4. The number of methoxy groups -OCH3 is 1. The second kappa shape index (κ2) is 4.69. The molecular formula is C12H12N2O3. The normalized spacial score (nSPS) is 10.2. The molecule has 1 aromatic heterocycles. The molecule has 2 aromatic rings. The molecule has 88 valence electrons.